The number of nitrogens with two attached hydrogens (primary N) is 1. The predicted octanol–water partition coefficient (Wildman–Crippen LogP) is 5.18. The monoisotopic (exact) mass is 445 g/mol. The van der Waals surface area contributed by atoms with Gasteiger partial charge < -0.3 is 15.8 Å². The molecule has 1 amide bonds. The summed E-state index contributed by atoms with van der Waals surface area (Å²) in [7, 11) is 0. The van der Waals surface area contributed by atoms with Crippen molar-refractivity contribution in [1.29, 1.82) is 0 Å². The highest BCUT2D eigenvalue weighted by molar-refractivity contribution is 5.94. The summed E-state index contributed by atoms with van der Waals surface area (Å²) >= 11 is 0. The van der Waals surface area contributed by atoms with Gasteiger partial charge in [-0.1, -0.05) is 24.3 Å². The van der Waals surface area contributed by atoms with Crippen LogP contribution in [0.1, 0.15) is 35.2 Å². The quantitative estimate of drug-likeness (QED) is 0.531. The fourth-order valence-electron chi connectivity index (χ4n) is 3.75. The average molecular weight is 445 g/mol. The third kappa shape index (κ3) is 4.51. The van der Waals surface area contributed by atoms with Crippen molar-refractivity contribution in [3.63, 3.8) is 0 Å². The smallest absolute Gasteiger partial charge is 0.404 e. The molecule has 4 rings (SSSR count). The minimum absolute atomic E-state index is 0.0440. The van der Waals surface area contributed by atoms with Crippen LogP contribution in [0.2, 0.25) is 0 Å². The lowest BCUT2D eigenvalue weighted by atomic mass is 9.71. The van der Waals surface area contributed by atoms with Crippen LogP contribution in [-0.2, 0) is 5.54 Å². The number of hydrogen-bond acceptors (Lipinski definition) is 4. The Bertz CT molecular complexity index is 1130. The molecule has 3 N–H and O–H groups in total. The molecule has 1 saturated carbocycles. The van der Waals surface area contributed by atoms with E-state index in [4.69, 9.17) is 5.73 Å². The van der Waals surface area contributed by atoms with Crippen LogP contribution in [0.3, 0.4) is 0 Å². The minimum Gasteiger partial charge on any atom is -0.404 e. The second-order valence-corrected chi connectivity index (χ2v) is 7.63. The van der Waals surface area contributed by atoms with E-state index in [1.165, 1.54) is 24.3 Å². The van der Waals surface area contributed by atoms with Crippen molar-refractivity contribution in [2.45, 2.75) is 31.2 Å². The van der Waals surface area contributed by atoms with E-state index < -0.39 is 23.5 Å². The number of pyridine rings is 1. The van der Waals surface area contributed by atoms with Crippen LogP contribution in [0, 0.1) is 5.82 Å². The molecule has 0 bridgehead atoms. The van der Waals surface area contributed by atoms with Crippen LogP contribution in [0.4, 0.5) is 23.2 Å². The maximum atomic E-state index is 13.1. The average Bonchev–Trinajstić information content (AvgIpc) is 2.70. The number of carbonyl (C=O) groups is 1. The Morgan fingerprint density at radius 3 is 2.25 bits per heavy atom. The number of hydrogen-bond donors (Lipinski definition) is 2. The summed E-state index contributed by atoms with van der Waals surface area (Å²) in [5.74, 6) is -1.20. The number of benzene rings is 2. The molecule has 5 nitrogen and oxygen atoms in total. The van der Waals surface area contributed by atoms with Crippen molar-refractivity contribution in [3.8, 4) is 17.0 Å². The van der Waals surface area contributed by atoms with Gasteiger partial charge in [0, 0.05) is 17.2 Å². The molecular weight excluding hydrogens is 426 g/mol. The summed E-state index contributed by atoms with van der Waals surface area (Å²) in [6, 6.07) is 13.6. The number of amides is 1. The molecule has 1 aliphatic rings. The summed E-state index contributed by atoms with van der Waals surface area (Å²) in [4.78, 5) is 16.7. The van der Waals surface area contributed by atoms with Crippen molar-refractivity contribution in [3.05, 3.63) is 77.7 Å². The van der Waals surface area contributed by atoms with Gasteiger partial charge in [0.05, 0.1) is 23.1 Å². The zero-order chi connectivity index (χ0) is 22.9. The Hall–Kier alpha value is -3.62. The molecule has 0 saturated heterocycles. The van der Waals surface area contributed by atoms with E-state index in [1.807, 2.05) is 12.1 Å². The number of halogens is 4. The number of aromatic nitrogens is 1. The Morgan fingerprint density at radius 1 is 1.06 bits per heavy atom. The molecule has 32 heavy (non-hydrogen) atoms. The molecule has 0 radical (unpaired) electrons. The minimum atomic E-state index is -4.83. The summed E-state index contributed by atoms with van der Waals surface area (Å²) < 4.78 is 54.1. The van der Waals surface area contributed by atoms with Gasteiger partial charge in [0.2, 0.25) is 0 Å². The first-order chi connectivity index (χ1) is 15.2. The van der Waals surface area contributed by atoms with Crippen molar-refractivity contribution >= 4 is 11.6 Å². The number of anilines is 1. The molecule has 3 aromatic rings. The zero-order valence-electron chi connectivity index (χ0n) is 16.7. The Kier molecular flexibility index (Phi) is 5.50. The predicted molar refractivity (Wildman–Crippen MR) is 110 cm³/mol. The second kappa shape index (κ2) is 8.14. The van der Waals surface area contributed by atoms with Crippen molar-refractivity contribution < 1.29 is 27.1 Å². The first-order valence-electron chi connectivity index (χ1n) is 9.85. The van der Waals surface area contributed by atoms with Crippen LogP contribution in [0.25, 0.3) is 11.3 Å². The van der Waals surface area contributed by atoms with Gasteiger partial charge in [0.1, 0.15) is 11.6 Å². The fraction of sp³-hybridized carbons (Fsp3) is 0.217. The first kappa shape index (κ1) is 21.6. The van der Waals surface area contributed by atoms with Crippen LogP contribution in [0.15, 0.2) is 60.8 Å². The lowest BCUT2D eigenvalue weighted by Gasteiger charge is -2.43. The van der Waals surface area contributed by atoms with E-state index >= 15 is 0 Å². The molecule has 166 valence electrons. The number of alkyl halides is 3. The number of rotatable bonds is 5. The lowest BCUT2D eigenvalue weighted by molar-refractivity contribution is -0.274. The van der Waals surface area contributed by atoms with Gasteiger partial charge in [0.25, 0.3) is 5.91 Å². The maximum Gasteiger partial charge on any atom is 0.573 e. The normalized spacial score (nSPS) is 15.0. The molecule has 1 fully saturated rings. The molecule has 2 aromatic carbocycles. The highest BCUT2D eigenvalue weighted by Gasteiger charge is 2.40. The Labute approximate surface area is 181 Å². The Balaban J connectivity index is 1.53. The molecule has 9 heteroatoms. The summed E-state index contributed by atoms with van der Waals surface area (Å²) in [6.45, 7) is 0. The van der Waals surface area contributed by atoms with E-state index in [0.717, 1.165) is 37.1 Å². The number of nitrogen functional groups attached to an aromatic ring is 1. The number of nitrogens with zero attached hydrogens (tertiary/aromatic N) is 1. The molecule has 1 heterocycles. The maximum absolute atomic E-state index is 13.1. The van der Waals surface area contributed by atoms with Gasteiger partial charge in [-0.25, -0.2) is 4.39 Å². The van der Waals surface area contributed by atoms with Crippen molar-refractivity contribution in [2.75, 3.05) is 5.73 Å². The van der Waals surface area contributed by atoms with E-state index in [9.17, 15) is 22.4 Å². The van der Waals surface area contributed by atoms with E-state index in [0.29, 0.717) is 16.8 Å². The molecule has 1 aromatic heterocycles. The van der Waals surface area contributed by atoms with E-state index in [-0.39, 0.29) is 11.6 Å². The Morgan fingerprint density at radius 2 is 1.72 bits per heavy atom. The molecule has 0 spiro atoms. The standard InChI is InChI=1S/C23H19F4N3O2/c24-17-8-4-15(5-9-17)21(31)30-22(10-1-11-22)16-6-2-14(3-7-16)20-19(28)12-18(13-29-20)32-23(25,26)27/h2-9,12-13H,1,10-11,28H2,(H,30,31). The zero-order valence-corrected chi connectivity index (χ0v) is 16.7. The van der Waals surface area contributed by atoms with Crippen molar-refractivity contribution in [1.82, 2.24) is 10.3 Å². The van der Waals surface area contributed by atoms with Crippen LogP contribution in [-0.4, -0.2) is 17.3 Å². The number of carbonyl (C=O) groups excluding carboxylic acids is 1. The number of nitrogens with one attached hydrogen (secondary N) is 1. The molecule has 1 aliphatic carbocycles. The van der Waals surface area contributed by atoms with E-state index in [2.05, 4.69) is 15.0 Å². The molecule has 0 aliphatic heterocycles. The second-order valence-electron chi connectivity index (χ2n) is 7.63. The van der Waals surface area contributed by atoms with Crippen LogP contribution >= 0.6 is 0 Å². The highest BCUT2D eigenvalue weighted by atomic mass is 19.4. The van der Waals surface area contributed by atoms with Crippen LogP contribution in [0.5, 0.6) is 5.75 Å². The summed E-state index contributed by atoms with van der Waals surface area (Å²) in [5, 5.41) is 3.06. The molecule has 0 unspecified atom stereocenters. The molecule has 0 atom stereocenters. The summed E-state index contributed by atoms with van der Waals surface area (Å²) in [6.07, 6.45) is -1.41. The van der Waals surface area contributed by atoms with Gasteiger partial charge in [-0.15, -0.1) is 13.2 Å². The van der Waals surface area contributed by atoms with Crippen LogP contribution < -0.4 is 15.8 Å². The number of ether oxygens (including phenoxy) is 1. The third-order valence-corrected chi connectivity index (χ3v) is 5.50. The SMILES string of the molecule is Nc1cc(OC(F)(F)F)cnc1-c1ccc(C2(NC(=O)c3ccc(F)cc3)CCC2)cc1. The fourth-order valence-corrected chi connectivity index (χ4v) is 3.75. The topological polar surface area (TPSA) is 77.2 Å². The molecular formula is C23H19F4N3O2. The lowest BCUT2D eigenvalue weighted by Crippen LogP contribution is -2.50. The van der Waals surface area contributed by atoms with Gasteiger partial charge in [-0.3, -0.25) is 9.78 Å². The summed E-state index contributed by atoms with van der Waals surface area (Å²) in [5.41, 5.74) is 7.58. The van der Waals surface area contributed by atoms with E-state index in [1.54, 1.807) is 12.1 Å². The van der Waals surface area contributed by atoms with Crippen molar-refractivity contribution in [2.24, 2.45) is 0 Å². The largest absolute Gasteiger partial charge is 0.573 e. The highest BCUT2D eigenvalue weighted by Crippen LogP contribution is 2.42. The first-order valence-corrected chi connectivity index (χ1v) is 9.85. The van der Waals surface area contributed by atoms with Gasteiger partial charge in [0.15, 0.2) is 0 Å². The van der Waals surface area contributed by atoms with Gasteiger partial charge in [-0.2, -0.15) is 0 Å². The van der Waals surface area contributed by atoms with Gasteiger partial charge in [-0.05, 0) is 49.1 Å². The third-order valence-electron chi connectivity index (χ3n) is 5.50. The van der Waals surface area contributed by atoms with Gasteiger partial charge >= 0.3 is 6.36 Å².